The molecule has 0 radical (unpaired) electrons. The number of carbonyl (C=O) groups is 1. The van der Waals surface area contributed by atoms with E-state index >= 15 is 0 Å². The monoisotopic (exact) mass is 298 g/mol. The molecule has 0 spiro atoms. The van der Waals surface area contributed by atoms with Crippen LogP contribution in [-0.4, -0.2) is 11.1 Å². The zero-order valence-electron chi connectivity index (χ0n) is 10.4. The van der Waals surface area contributed by atoms with E-state index < -0.39 is 5.97 Å². The van der Waals surface area contributed by atoms with E-state index in [2.05, 4.69) is 48.0 Å². The van der Waals surface area contributed by atoms with Gasteiger partial charge in [0.2, 0.25) is 0 Å². The minimum Gasteiger partial charge on any atom is -0.481 e. The summed E-state index contributed by atoms with van der Waals surface area (Å²) < 4.78 is 1.09. The van der Waals surface area contributed by atoms with Crippen molar-refractivity contribution < 1.29 is 9.90 Å². The molecule has 0 fully saturated rings. The van der Waals surface area contributed by atoms with E-state index in [1.807, 2.05) is 0 Å². The predicted molar refractivity (Wildman–Crippen MR) is 73.4 cm³/mol. The Morgan fingerprint density at radius 3 is 2.59 bits per heavy atom. The van der Waals surface area contributed by atoms with Crippen LogP contribution in [0.25, 0.3) is 0 Å². The maximum absolute atomic E-state index is 10.9. The molecule has 1 unspecified atom stereocenters. The highest BCUT2D eigenvalue weighted by Gasteiger charge is 2.15. The number of halogens is 1. The molecule has 94 valence electrons. The summed E-state index contributed by atoms with van der Waals surface area (Å²) in [6, 6.07) is 6.22. The molecule has 0 aliphatic heterocycles. The summed E-state index contributed by atoms with van der Waals surface area (Å²) in [4.78, 5) is 10.9. The van der Waals surface area contributed by atoms with Gasteiger partial charge in [0.1, 0.15) is 0 Å². The quantitative estimate of drug-likeness (QED) is 0.847. The molecule has 1 aromatic rings. The van der Waals surface area contributed by atoms with E-state index in [1.165, 1.54) is 5.56 Å². The molecular weight excluding hydrogens is 280 g/mol. The molecule has 0 bridgehead atoms. The van der Waals surface area contributed by atoms with E-state index in [9.17, 15) is 4.79 Å². The maximum atomic E-state index is 10.9. The molecule has 0 saturated heterocycles. The molecule has 1 atom stereocenters. The number of carboxylic acid groups (broad SMARTS) is 1. The van der Waals surface area contributed by atoms with Crippen molar-refractivity contribution in [1.82, 2.24) is 0 Å². The largest absolute Gasteiger partial charge is 0.481 e. The van der Waals surface area contributed by atoms with Crippen molar-refractivity contribution in [2.24, 2.45) is 0 Å². The molecule has 3 heteroatoms. The first-order valence-electron chi connectivity index (χ1n) is 6.08. The van der Waals surface area contributed by atoms with Crippen molar-refractivity contribution in [3.63, 3.8) is 0 Å². The molecule has 0 aliphatic carbocycles. The summed E-state index contributed by atoms with van der Waals surface area (Å²) in [6.07, 6.45) is 3.12. The van der Waals surface area contributed by atoms with Crippen LogP contribution in [-0.2, 0) is 11.2 Å². The van der Waals surface area contributed by atoms with Crippen LogP contribution < -0.4 is 0 Å². The van der Waals surface area contributed by atoms with Crippen molar-refractivity contribution in [2.45, 2.75) is 45.4 Å². The fourth-order valence-corrected chi connectivity index (χ4v) is 2.73. The van der Waals surface area contributed by atoms with Gasteiger partial charge in [-0.15, -0.1) is 0 Å². The Hall–Kier alpha value is -0.830. The number of hydrogen-bond donors (Lipinski definition) is 1. The van der Waals surface area contributed by atoms with Crippen LogP contribution in [0.3, 0.4) is 0 Å². The molecule has 0 aromatic heterocycles. The van der Waals surface area contributed by atoms with Crippen molar-refractivity contribution in [1.29, 1.82) is 0 Å². The lowest BCUT2D eigenvalue weighted by molar-refractivity contribution is -0.137. The zero-order chi connectivity index (χ0) is 12.8. The third kappa shape index (κ3) is 4.15. The number of rotatable bonds is 6. The van der Waals surface area contributed by atoms with Gasteiger partial charge in [0.25, 0.3) is 0 Å². The van der Waals surface area contributed by atoms with Crippen LogP contribution in [0.15, 0.2) is 22.7 Å². The van der Waals surface area contributed by atoms with E-state index in [0.29, 0.717) is 0 Å². The molecule has 2 nitrogen and oxygen atoms in total. The second kappa shape index (κ2) is 6.80. The van der Waals surface area contributed by atoms with Gasteiger partial charge in [0.05, 0.1) is 6.42 Å². The minimum atomic E-state index is -0.723. The van der Waals surface area contributed by atoms with Gasteiger partial charge >= 0.3 is 5.97 Å². The fraction of sp³-hybridized carbons (Fsp3) is 0.500. The number of carboxylic acids is 1. The standard InChI is InChI=1S/C14H19BrO2/c1-3-5-11(9-14(16)17)12-7-6-10(4-2)13(15)8-12/h6-8,11H,3-5,9H2,1-2H3,(H,16,17). The second-order valence-electron chi connectivity index (χ2n) is 4.29. The van der Waals surface area contributed by atoms with Crippen molar-refractivity contribution >= 4 is 21.9 Å². The van der Waals surface area contributed by atoms with Crippen molar-refractivity contribution in [3.8, 4) is 0 Å². The second-order valence-corrected chi connectivity index (χ2v) is 5.14. The van der Waals surface area contributed by atoms with Gasteiger partial charge in [0.15, 0.2) is 0 Å². The summed E-state index contributed by atoms with van der Waals surface area (Å²) in [5, 5.41) is 8.93. The van der Waals surface area contributed by atoms with E-state index in [-0.39, 0.29) is 12.3 Å². The van der Waals surface area contributed by atoms with E-state index in [1.54, 1.807) is 0 Å². The molecule has 0 saturated carbocycles. The molecule has 0 amide bonds. The topological polar surface area (TPSA) is 37.3 Å². The van der Waals surface area contributed by atoms with E-state index in [0.717, 1.165) is 29.3 Å². The van der Waals surface area contributed by atoms with Crippen LogP contribution in [0.5, 0.6) is 0 Å². The average Bonchev–Trinajstić information content (AvgIpc) is 2.28. The minimum absolute atomic E-state index is 0.125. The van der Waals surface area contributed by atoms with Gasteiger partial charge in [0, 0.05) is 4.47 Å². The molecule has 0 heterocycles. The Morgan fingerprint density at radius 2 is 2.12 bits per heavy atom. The van der Waals surface area contributed by atoms with Crippen LogP contribution in [0.2, 0.25) is 0 Å². The Bertz CT molecular complexity index is 388. The molecule has 1 N–H and O–H groups in total. The number of aryl methyl sites for hydroxylation is 1. The number of benzene rings is 1. The Kier molecular flexibility index (Phi) is 5.69. The SMILES string of the molecule is CCCC(CC(=O)O)c1ccc(CC)c(Br)c1. The molecule has 0 aliphatic rings. The van der Waals surface area contributed by atoms with Gasteiger partial charge in [-0.25, -0.2) is 0 Å². The van der Waals surface area contributed by atoms with Crippen LogP contribution in [0.4, 0.5) is 0 Å². The Morgan fingerprint density at radius 1 is 1.41 bits per heavy atom. The summed E-state index contributed by atoms with van der Waals surface area (Å²) >= 11 is 3.55. The third-order valence-electron chi connectivity index (χ3n) is 2.99. The van der Waals surface area contributed by atoms with Crippen molar-refractivity contribution in [3.05, 3.63) is 33.8 Å². The normalized spacial score (nSPS) is 12.4. The lowest BCUT2D eigenvalue weighted by Crippen LogP contribution is -2.06. The smallest absolute Gasteiger partial charge is 0.303 e. The summed E-state index contributed by atoms with van der Waals surface area (Å²) in [6.45, 7) is 4.20. The molecular formula is C14H19BrO2. The van der Waals surface area contributed by atoms with Gasteiger partial charge in [-0.3, -0.25) is 4.79 Å². The van der Waals surface area contributed by atoms with Gasteiger partial charge in [-0.2, -0.15) is 0 Å². The lowest BCUT2D eigenvalue weighted by atomic mass is 9.91. The highest BCUT2D eigenvalue weighted by atomic mass is 79.9. The first-order valence-corrected chi connectivity index (χ1v) is 6.87. The summed E-state index contributed by atoms with van der Waals surface area (Å²) in [7, 11) is 0. The third-order valence-corrected chi connectivity index (χ3v) is 3.73. The molecule has 1 aromatic carbocycles. The molecule has 1 rings (SSSR count). The van der Waals surface area contributed by atoms with Crippen LogP contribution in [0, 0.1) is 0 Å². The average molecular weight is 299 g/mol. The maximum Gasteiger partial charge on any atom is 0.303 e. The first kappa shape index (κ1) is 14.2. The zero-order valence-corrected chi connectivity index (χ0v) is 12.0. The highest BCUT2D eigenvalue weighted by molar-refractivity contribution is 9.10. The van der Waals surface area contributed by atoms with Gasteiger partial charge in [-0.05, 0) is 36.0 Å². The molecule has 17 heavy (non-hydrogen) atoms. The van der Waals surface area contributed by atoms with E-state index in [4.69, 9.17) is 5.11 Å². The Balaban J connectivity index is 2.93. The lowest BCUT2D eigenvalue weighted by Gasteiger charge is -2.15. The highest BCUT2D eigenvalue weighted by Crippen LogP contribution is 2.29. The summed E-state index contributed by atoms with van der Waals surface area (Å²) in [5.74, 6) is -0.598. The van der Waals surface area contributed by atoms with Crippen LogP contribution >= 0.6 is 15.9 Å². The van der Waals surface area contributed by atoms with Crippen LogP contribution in [0.1, 0.15) is 50.2 Å². The first-order chi connectivity index (χ1) is 8.08. The predicted octanol–water partition coefficient (Wildman–Crippen LogP) is 4.37. The van der Waals surface area contributed by atoms with Gasteiger partial charge < -0.3 is 5.11 Å². The van der Waals surface area contributed by atoms with Crippen molar-refractivity contribution in [2.75, 3.05) is 0 Å². The Labute approximate surface area is 111 Å². The fourth-order valence-electron chi connectivity index (χ4n) is 2.05. The number of hydrogen-bond acceptors (Lipinski definition) is 1. The number of aliphatic carboxylic acids is 1. The van der Waals surface area contributed by atoms with Gasteiger partial charge in [-0.1, -0.05) is 48.3 Å². The summed E-state index contributed by atoms with van der Waals surface area (Å²) in [5.41, 5.74) is 2.39.